The van der Waals surface area contributed by atoms with Gasteiger partial charge in [0.1, 0.15) is 0 Å². The van der Waals surface area contributed by atoms with Gasteiger partial charge in [-0.05, 0) is 19.3 Å². The summed E-state index contributed by atoms with van der Waals surface area (Å²) in [6.45, 7) is 0.942. The van der Waals surface area contributed by atoms with E-state index in [9.17, 15) is 9.90 Å². The van der Waals surface area contributed by atoms with Crippen molar-refractivity contribution in [2.45, 2.75) is 19.3 Å². The number of carbonyl (C=O) groups excluding carboxylic acids is 1. The monoisotopic (exact) mass is 161 g/mol. The van der Waals surface area contributed by atoms with Gasteiger partial charge in [0.2, 0.25) is 0 Å². The summed E-state index contributed by atoms with van der Waals surface area (Å²) >= 11 is 0. The largest absolute Gasteiger partial charge is 0.549 e. The maximum Gasteiger partial charge on any atom is 0.549 e. The van der Waals surface area contributed by atoms with E-state index in [2.05, 4.69) is 4.74 Å². The Hall–Kier alpha value is -0.770. The molecule has 0 atom stereocenters. The Balaban J connectivity index is 2.85. The molecule has 0 aromatic rings. The molecule has 0 saturated carbocycles. The Morgan fingerprint density at radius 2 is 1.82 bits per heavy atom. The van der Waals surface area contributed by atoms with Crippen molar-refractivity contribution in [1.29, 1.82) is 0 Å². The third kappa shape index (κ3) is 9.23. The van der Waals surface area contributed by atoms with Gasteiger partial charge in [0.05, 0.1) is 6.61 Å². The second-order valence-electron chi connectivity index (χ2n) is 2.15. The standard InChI is InChI=1S/C7H13O4/c1-10-5-3-2-4-6-11-7(8)9/h2-6H2,1H3. The van der Waals surface area contributed by atoms with Crippen LogP contribution in [0.3, 0.4) is 0 Å². The van der Waals surface area contributed by atoms with E-state index < -0.39 is 6.16 Å². The lowest BCUT2D eigenvalue weighted by Gasteiger charge is -1.98. The van der Waals surface area contributed by atoms with Crippen LogP contribution in [0.25, 0.3) is 0 Å². The first-order valence-corrected chi connectivity index (χ1v) is 3.60. The van der Waals surface area contributed by atoms with Crippen LogP contribution in [0.15, 0.2) is 0 Å². The van der Waals surface area contributed by atoms with Gasteiger partial charge < -0.3 is 9.47 Å². The Bertz CT molecular complexity index is 103. The maximum atomic E-state index is 9.73. The lowest BCUT2D eigenvalue weighted by atomic mass is 10.2. The van der Waals surface area contributed by atoms with Crippen LogP contribution in [0.4, 0.5) is 4.79 Å². The molecule has 0 aromatic heterocycles. The van der Waals surface area contributed by atoms with Crippen LogP contribution < -0.4 is 0 Å². The van der Waals surface area contributed by atoms with E-state index in [4.69, 9.17) is 4.74 Å². The lowest BCUT2D eigenvalue weighted by molar-refractivity contribution is 0.0659. The fourth-order valence-corrected chi connectivity index (χ4v) is 0.681. The normalized spacial score (nSPS) is 9.55. The number of rotatable bonds is 6. The number of carbonyl (C=O) groups is 1. The summed E-state index contributed by atoms with van der Waals surface area (Å²) in [5.41, 5.74) is 0. The van der Waals surface area contributed by atoms with Crippen molar-refractivity contribution in [2.24, 2.45) is 0 Å². The predicted molar refractivity (Wildman–Crippen MR) is 37.8 cm³/mol. The summed E-state index contributed by atoms with van der Waals surface area (Å²) in [6.07, 6.45) is 1.14. The molecule has 65 valence electrons. The van der Waals surface area contributed by atoms with Crippen LogP contribution in [0, 0.1) is 0 Å². The van der Waals surface area contributed by atoms with Crippen LogP contribution in [0.5, 0.6) is 0 Å². The molecule has 0 heterocycles. The Labute approximate surface area is 66.1 Å². The molecule has 0 N–H and O–H groups in total. The highest BCUT2D eigenvalue weighted by Gasteiger charge is 1.97. The van der Waals surface area contributed by atoms with Gasteiger partial charge in [0.15, 0.2) is 0 Å². The van der Waals surface area contributed by atoms with Gasteiger partial charge in [-0.25, -0.2) is 0 Å². The van der Waals surface area contributed by atoms with Crippen molar-refractivity contribution in [3.05, 3.63) is 0 Å². The van der Waals surface area contributed by atoms with Gasteiger partial charge in [-0.1, -0.05) is 0 Å². The van der Waals surface area contributed by atoms with Gasteiger partial charge in [-0.15, -0.1) is 0 Å². The van der Waals surface area contributed by atoms with E-state index in [1.54, 1.807) is 7.11 Å². The Kier molecular flexibility index (Phi) is 6.82. The molecule has 0 aliphatic carbocycles. The van der Waals surface area contributed by atoms with Gasteiger partial charge >= 0.3 is 6.16 Å². The van der Waals surface area contributed by atoms with E-state index in [0.717, 1.165) is 19.3 Å². The highest BCUT2D eigenvalue weighted by Crippen LogP contribution is 1.95. The molecule has 0 aliphatic rings. The van der Waals surface area contributed by atoms with Crippen LogP contribution in [-0.4, -0.2) is 26.5 Å². The highest BCUT2D eigenvalue weighted by molar-refractivity contribution is 5.56. The molecule has 0 aromatic carbocycles. The van der Waals surface area contributed by atoms with E-state index in [-0.39, 0.29) is 6.61 Å². The minimum Gasteiger partial charge on any atom is -0.432 e. The van der Waals surface area contributed by atoms with Crippen LogP contribution >= 0.6 is 0 Å². The average molecular weight is 161 g/mol. The summed E-state index contributed by atoms with van der Waals surface area (Å²) in [5.74, 6) is 0. The van der Waals surface area contributed by atoms with Crippen molar-refractivity contribution in [2.75, 3.05) is 20.3 Å². The lowest BCUT2D eigenvalue weighted by Crippen LogP contribution is -2.00. The zero-order valence-electron chi connectivity index (χ0n) is 6.67. The van der Waals surface area contributed by atoms with Gasteiger partial charge in [0.25, 0.3) is 0 Å². The van der Waals surface area contributed by atoms with Crippen LogP contribution in [-0.2, 0) is 14.6 Å². The van der Waals surface area contributed by atoms with E-state index in [0.29, 0.717) is 6.61 Å². The molecule has 1 radical (unpaired) electrons. The van der Waals surface area contributed by atoms with E-state index >= 15 is 0 Å². The first-order valence-electron chi connectivity index (χ1n) is 3.60. The number of hydrogen-bond donors (Lipinski definition) is 0. The first-order chi connectivity index (χ1) is 5.27. The Morgan fingerprint density at radius 1 is 1.18 bits per heavy atom. The van der Waals surface area contributed by atoms with Crippen molar-refractivity contribution >= 4 is 6.16 Å². The van der Waals surface area contributed by atoms with Crippen molar-refractivity contribution < 1.29 is 19.4 Å². The quantitative estimate of drug-likeness (QED) is 0.436. The molecular formula is C7H13O4. The van der Waals surface area contributed by atoms with Crippen LogP contribution in [0.1, 0.15) is 19.3 Å². The molecule has 4 nitrogen and oxygen atoms in total. The van der Waals surface area contributed by atoms with Gasteiger partial charge in [-0.3, -0.25) is 0 Å². The third-order valence-electron chi connectivity index (χ3n) is 1.21. The first kappa shape index (κ1) is 10.2. The van der Waals surface area contributed by atoms with Crippen molar-refractivity contribution in [3.8, 4) is 0 Å². The van der Waals surface area contributed by atoms with Crippen LogP contribution in [0.2, 0.25) is 0 Å². The molecule has 4 heteroatoms. The number of ether oxygens (including phenoxy) is 2. The smallest absolute Gasteiger partial charge is 0.432 e. The fraction of sp³-hybridized carbons (Fsp3) is 0.857. The molecular weight excluding hydrogens is 148 g/mol. The van der Waals surface area contributed by atoms with E-state index in [1.165, 1.54) is 0 Å². The second-order valence-corrected chi connectivity index (χ2v) is 2.15. The van der Waals surface area contributed by atoms with Crippen molar-refractivity contribution in [3.63, 3.8) is 0 Å². The van der Waals surface area contributed by atoms with Crippen molar-refractivity contribution in [1.82, 2.24) is 0 Å². The number of methoxy groups -OCH3 is 1. The zero-order chi connectivity index (χ0) is 8.53. The van der Waals surface area contributed by atoms with Gasteiger partial charge in [0, 0.05) is 13.7 Å². The summed E-state index contributed by atoms with van der Waals surface area (Å²) < 4.78 is 8.99. The molecule has 0 bridgehead atoms. The second kappa shape index (κ2) is 7.34. The molecule has 0 fully saturated rings. The van der Waals surface area contributed by atoms with E-state index in [1.807, 2.05) is 0 Å². The molecule has 0 saturated heterocycles. The zero-order valence-corrected chi connectivity index (χ0v) is 6.67. The predicted octanol–water partition coefficient (Wildman–Crippen LogP) is 1.37. The molecule has 0 unspecified atom stereocenters. The number of unbranched alkanes of at least 4 members (excludes halogenated alkanes) is 2. The minimum absolute atomic E-state index is 0.228. The fourth-order valence-electron chi connectivity index (χ4n) is 0.681. The topological polar surface area (TPSA) is 55.4 Å². The maximum absolute atomic E-state index is 9.73. The third-order valence-corrected chi connectivity index (χ3v) is 1.21. The Morgan fingerprint density at radius 3 is 2.36 bits per heavy atom. The summed E-state index contributed by atoms with van der Waals surface area (Å²) in [5, 5.41) is 9.73. The highest BCUT2D eigenvalue weighted by atomic mass is 16.7. The summed E-state index contributed by atoms with van der Waals surface area (Å²) in [6, 6.07) is 0. The van der Waals surface area contributed by atoms with Gasteiger partial charge in [-0.2, -0.15) is 9.90 Å². The minimum atomic E-state index is -1.45. The summed E-state index contributed by atoms with van der Waals surface area (Å²) in [7, 11) is 1.64. The number of hydrogen-bond acceptors (Lipinski definition) is 3. The molecule has 0 amide bonds. The molecule has 11 heavy (non-hydrogen) atoms. The average Bonchev–Trinajstić information content (AvgIpc) is 1.96. The molecule has 0 aliphatic heterocycles. The molecule has 0 rings (SSSR count). The summed E-state index contributed by atoms with van der Waals surface area (Å²) in [4.78, 5) is 9.73. The molecule has 0 spiro atoms. The SMILES string of the molecule is COCCCCCOC([O])=O.